The number of nitriles is 1. The van der Waals surface area contributed by atoms with Crippen molar-refractivity contribution in [3.05, 3.63) is 39.6 Å². The number of nitrogens with zero attached hydrogens (tertiary/aromatic N) is 1. The van der Waals surface area contributed by atoms with E-state index in [1.807, 2.05) is 18.2 Å². The van der Waals surface area contributed by atoms with Crippen LogP contribution < -0.4 is 0 Å². The van der Waals surface area contributed by atoms with Crippen LogP contribution in [0.15, 0.2) is 28.5 Å². The molecule has 1 aromatic carbocycles. The highest BCUT2D eigenvalue weighted by molar-refractivity contribution is 8.17. The highest BCUT2D eigenvalue weighted by Gasteiger charge is 2.13. The standard InChI is InChI=1S/C12H11NOS2/c13-9-11-4-2-10(3-5-11)8-12-15-6-1-7-16(12)14/h2-5,8H,1,6-7H2/b12-8-/t16-/m0/s1. The molecule has 0 unspecified atom stereocenters. The molecule has 1 heterocycles. The van der Waals surface area contributed by atoms with Crippen LogP contribution in [0.25, 0.3) is 6.08 Å². The summed E-state index contributed by atoms with van der Waals surface area (Å²) >= 11 is 1.67. The van der Waals surface area contributed by atoms with Gasteiger partial charge >= 0.3 is 0 Å². The summed E-state index contributed by atoms with van der Waals surface area (Å²) in [6, 6.07) is 9.42. The van der Waals surface area contributed by atoms with Crippen molar-refractivity contribution in [2.24, 2.45) is 0 Å². The third kappa shape index (κ3) is 2.75. The monoisotopic (exact) mass is 249 g/mol. The molecule has 82 valence electrons. The Labute approximate surface area is 102 Å². The zero-order valence-corrected chi connectivity index (χ0v) is 10.3. The molecule has 1 aliphatic heterocycles. The van der Waals surface area contributed by atoms with Crippen molar-refractivity contribution in [1.82, 2.24) is 0 Å². The van der Waals surface area contributed by atoms with Crippen LogP contribution in [0, 0.1) is 11.3 Å². The van der Waals surface area contributed by atoms with Crippen molar-refractivity contribution >= 4 is 28.6 Å². The molecule has 0 aromatic heterocycles. The summed E-state index contributed by atoms with van der Waals surface area (Å²) in [7, 11) is -0.827. The fourth-order valence-corrected chi connectivity index (χ4v) is 4.22. The van der Waals surface area contributed by atoms with E-state index in [4.69, 9.17) is 5.26 Å². The van der Waals surface area contributed by atoms with Gasteiger partial charge in [0, 0.05) is 5.75 Å². The second kappa shape index (κ2) is 5.33. The van der Waals surface area contributed by atoms with E-state index < -0.39 is 10.8 Å². The van der Waals surface area contributed by atoms with Crippen molar-refractivity contribution < 1.29 is 4.21 Å². The van der Waals surface area contributed by atoms with E-state index in [1.165, 1.54) is 0 Å². The maximum absolute atomic E-state index is 11.7. The Morgan fingerprint density at radius 3 is 2.75 bits per heavy atom. The molecule has 4 heteroatoms. The minimum atomic E-state index is -0.827. The van der Waals surface area contributed by atoms with Gasteiger partial charge in [-0.25, -0.2) is 0 Å². The van der Waals surface area contributed by atoms with Gasteiger partial charge in [0.1, 0.15) is 0 Å². The minimum Gasteiger partial charge on any atom is -0.254 e. The zero-order chi connectivity index (χ0) is 11.4. The summed E-state index contributed by atoms with van der Waals surface area (Å²) in [5, 5.41) is 8.67. The first kappa shape index (κ1) is 11.4. The lowest BCUT2D eigenvalue weighted by molar-refractivity contribution is 0.686. The van der Waals surface area contributed by atoms with Crippen molar-refractivity contribution in [2.45, 2.75) is 6.42 Å². The minimum absolute atomic E-state index is 0.652. The number of rotatable bonds is 1. The Morgan fingerprint density at radius 1 is 1.38 bits per heavy atom. The summed E-state index contributed by atoms with van der Waals surface area (Å²) in [5.74, 6) is 1.82. The number of hydrogen-bond acceptors (Lipinski definition) is 3. The van der Waals surface area contributed by atoms with Gasteiger partial charge in [-0.05, 0) is 35.9 Å². The Bertz CT molecular complexity index is 471. The topological polar surface area (TPSA) is 40.9 Å². The van der Waals surface area contributed by atoms with Gasteiger partial charge in [-0.1, -0.05) is 12.1 Å². The maximum atomic E-state index is 11.7. The van der Waals surface area contributed by atoms with E-state index in [0.717, 1.165) is 27.7 Å². The molecule has 0 amide bonds. The Kier molecular flexibility index (Phi) is 3.81. The first-order chi connectivity index (χ1) is 7.79. The van der Waals surface area contributed by atoms with Crippen LogP contribution in [0.5, 0.6) is 0 Å². The van der Waals surface area contributed by atoms with Gasteiger partial charge in [0.2, 0.25) is 0 Å². The van der Waals surface area contributed by atoms with E-state index in [1.54, 1.807) is 23.9 Å². The Balaban J connectivity index is 2.21. The second-order valence-corrected chi connectivity index (χ2v) is 6.38. The molecule has 1 aromatic rings. The molecule has 1 atom stereocenters. The average molecular weight is 249 g/mol. The third-order valence-corrected chi connectivity index (χ3v) is 5.30. The van der Waals surface area contributed by atoms with Crippen molar-refractivity contribution in [3.8, 4) is 6.07 Å². The molecule has 0 radical (unpaired) electrons. The molecule has 0 saturated carbocycles. The first-order valence-electron chi connectivity index (χ1n) is 5.02. The van der Waals surface area contributed by atoms with Crippen molar-refractivity contribution in [3.63, 3.8) is 0 Å². The fraction of sp³-hybridized carbons (Fsp3) is 0.250. The van der Waals surface area contributed by atoms with Gasteiger partial charge in [0.05, 0.1) is 26.7 Å². The third-order valence-electron chi connectivity index (χ3n) is 2.27. The van der Waals surface area contributed by atoms with Crippen LogP contribution >= 0.6 is 11.8 Å². The smallest absolute Gasteiger partial charge is 0.0991 e. The summed E-state index contributed by atoms with van der Waals surface area (Å²) in [5.41, 5.74) is 1.66. The van der Waals surface area contributed by atoms with Crippen LogP contribution in [0.1, 0.15) is 17.5 Å². The lowest BCUT2D eigenvalue weighted by Crippen LogP contribution is -2.06. The molecule has 0 aliphatic carbocycles. The van der Waals surface area contributed by atoms with E-state index >= 15 is 0 Å². The molecule has 0 spiro atoms. The Hall–Kier alpha value is -1.05. The average Bonchev–Trinajstić information content (AvgIpc) is 2.33. The maximum Gasteiger partial charge on any atom is 0.0991 e. The molecule has 16 heavy (non-hydrogen) atoms. The molecule has 0 N–H and O–H groups in total. The SMILES string of the molecule is N#Cc1ccc(/C=C2/SCCC[S@@]2=O)cc1. The molecule has 1 saturated heterocycles. The van der Waals surface area contributed by atoms with Gasteiger partial charge in [-0.3, -0.25) is 4.21 Å². The van der Waals surface area contributed by atoms with Gasteiger partial charge < -0.3 is 0 Å². The summed E-state index contributed by atoms with van der Waals surface area (Å²) in [6.45, 7) is 0. The number of hydrogen-bond donors (Lipinski definition) is 0. The quantitative estimate of drug-likeness (QED) is 0.768. The van der Waals surface area contributed by atoms with E-state index in [-0.39, 0.29) is 0 Å². The second-order valence-electron chi connectivity index (χ2n) is 3.45. The number of thioether (sulfide) groups is 1. The summed E-state index contributed by atoms with van der Waals surface area (Å²) in [4.78, 5) is 0. The first-order valence-corrected chi connectivity index (χ1v) is 7.33. The van der Waals surface area contributed by atoms with E-state index in [2.05, 4.69) is 6.07 Å². The number of benzene rings is 1. The largest absolute Gasteiger partial charge is 0.254 e. The molecule has 2 rings (SSSR count). The normalized spacial score (nSPS) is 22.9. The summed E-state index contributed by atoms with van der Waals surface area (Å²) in [6.07, 6.45) is 2.99. The fourth-order valence-electron chi connectivity index (χ4n) is 1.43. The molecule has 1 fully saturated rings. The van der Waals surface area contributed by atoms with Gasteiger partial charge in [0.15, 0.2) is 0 Å². The highest BCUT2D eigenvalue weighted by atomic mass is 32.2. The highest BCUT2D eigenvalue weighted by Crippen LogP contribution is 2.28. The van der Waals surface area contributed by atoms with Crippen LogP contribution in [0.2, 0.25) is 0 Å². The van der Waals surface area contributed by atoms with E-state index in [9.17, 15) is 4.21 Å². The lowest BCUT2D eigenvalue weighted by atomic mass is 10.1. The lowest BCUT2D eigenvalue weighted by Gasteiger charge is -2.12. The summed E-state index contributed by atoms with van der Waals surface area (Å²) < 4.78 is 12.6. The van der Waals surface area contributed by atoms with Crippen molar-refractivity contribution in [2.75, 3.05) is 11.5 Å². The predicted octanol–water partition coefficient (Wildman–Crippen LogP) is 2.74. The zero-order valence-electron chi connectivity index (χ0n) is 8.68. The molecule has 0 bridgehead atoms. The van der Waals surface area contributed by atoms with Gasteiger partial charge in [-0.15, -0.1) is 11.8 Å². The molecule has 1 aliphatic rings. The van der Waals surface area contributed by atoms with Gasteiger partial charge in [-0.2, -0.15) is 5.26 Å². The van der Waals surface area contributed by atoms with Crippen molar-refractivity contribution in [1.29, 1.82) is 5.26 Å². The molecular formula is C12H11NOS2. The van der Waals surface area contributed by atoms with E-state index in [0.29, 0.717) is 5.56 Å². The van der Waals surface area contributed by atoms with Crippen LogP contribution in [-0.4, -0.2) is 15.7 Å². The Morgan fingerprint density at radius 2 is 2.12 bits per heavy atom. The molecular weight excluding hydrogens is 238 g/mol. The van der Waals surface area contributed by atoms with Crippen LogP contribution in [0.4, 0.5) is 0 Å². The predicted molar refractivity (Wildman–Crippen MR) is 69.2 cm³/mol. The molecule has 2 nitrogen and oxygen atoms in total. The van der Waals surface area contributed by atoms with Crippen LogP contribution in [-0.2, 0) is 10.8 Å². The van der Waals surface area contributed by atoms with Gasteiger partial charge in [0.25, 0.3) is 0 Å². The van der Waals surface area contributed by atoms with Crippen LogP contribution in [0.3, 0.4) is 0 Å².